The quantitative estimate of drug-likeness (QED) is 0.577. The predicted octanol–water partition coefficient (Wildman–Crippen LogP) is 2.38. The first-order chi connectivity index (χ1) is 14.4. The number of hydrogen-bond acceptors (Lipinski definition) is 3. The number of amides is 4. The van der Waals surface area contributed by atoms with Gasteiger partial charge in [0.2, 0.25) is 11.8 Å². The van der Waals surface area contributed by atoms with E-state index in [-0.39, 0.29) is 29.3 Å². The second-order valence-corrected chi connectivity index (χ2v) is 10.1. The fraction of sp³-hybridized carbons (Fsp3) is 0.609. The average molecular weight is 411 g/mol. The van der Waals surface area contributed by atoms with Crippen molar-refractivity contribution in [2.24, 2.45) is 34.3 Å². The molecule has 5 N–H and O–H groups in total. The summed E-state index contributed by atoms with van der Waals surface area (Å²) in [6.07, 6.45) is 6.31. The summed E-state index contributed by atoms with van der Waals surface area (Å²) in [5.41, 5.74) is 5.65. The van der Waals surface area contributed by atoms with E-state index in [1.54, 1.807) is 0 Å². The molecule has 4 bridgehead atoms. The summed E-state index contributed by atoms with van der Waals surface area (Å²) >= 11 is 0. The van der Waals surface area contributed by atoms with Crippen LogP contribution in [0.1, 0.15) is 44.9 Å². The van der Waals surface area contributed by atoms with Gasteiger partial charge in [0.05, 0.1) is 5.41 Å². The highest BCUT2D eigenvalue weighted by atomic mass is 16.2. The van der Waals surface area contributed by atoms with Crippen LogP contribution in [0.2, 0.25) is 0 Å². The molecule has 0 spiro atoms. The average Bonchev–Trinajstić information content (AvgIpc) is 3.50. The van der Waals surface area contributed by atoms with Gasteiger partial charge >= 0.3 is 6.03 Å². The molecule has 0 saturated heterocycles. The first-order valence-corrected chi connectivity index (χ1v) is 11.1. The summed E-state index contributed by atoms with van der Waals surface area (Å²) in [6, 6.07) is 9.10. The number of rotatable bonds is 6. The fourth-order valence-corrected chi connectivity index (χ4v) is 6.45. The van der Waals surface area contributed by atoms with Crippen LogP contribution < -0.4 is 21.7 Å². The molecule has 0 aromatic heterocycles. The number of anilines is 1. The number of nitrogens with two attached hydrogens (primary N) is 1. The lowest BCUT2D eigenvalue weighted by atomic mass is 9.47. The van der Waals surface area contributed by atoms with Gasteiger partial charge in [-0.15, -0.1) is 0 Å². The van der Waals surface area contributed by atoms with Gasteiger partial charge in [0.15, 0.2) is 0 Å². The van der Waals surface area contributed by atoms with Crippen molar-refractivity contribution in [1.82, 2.24) is 10.6 Å². The number of primary amides is 1. The van der Waals surface area contributed by atoms with Gasteiger partial charge < -0.3 is 21.7 Å². The van der Waals surface area contributed by atoms with Gasteiger partial charge in [0.25, 0.3) is 0 Å². The van der Waals surface area contributed by atoms with Crippen LogP contribution in [0, 0.1) is 28.6 Å². The summed E-state index contributed by atoms with van der Waals surface area (Å²) in [7, 11) is 0. The molecule has 30 heavy (non-hydrogen) atoms. The van der Waals surface area contributed by atoms with E-state index in [2.05, 4.69) is 16.0 Å². The standard InChI is InChI=1S/C23H30N4O3/c24-19(28)23-10-14-8-15(11-23)18(16(9-14)12-23)27-20(29)22(6-7-22)13-25-21(30)26-17-4-2-1-3-5-17/h1-5,14-16,18H,6-13H2,(H2,24,28)(H,27,29)(H2,25,26,30). The van der Waals surface area contributed by atoms with Gasteiger partial charge in [-0.2, -0.15) is 0 Å². The lowest BCUT2D eigenvalue weighted by molar-refractivity contribution is -0.148. The molecule has 1 aromatic rings. The number of hydrogen-bond donors (Lipinski definition) is 4. The van der Waals surface area contributed by atoms with Crippen molar-refractivity contribution < 1.29 is 14.4 Å². The minimum atomic E-state index is -0.496. The van der Waals surface area contributed by atoms with Crippen molar-refractivity contribution in [3.8, 4) is 0 Å². The maximum absolute atomic E-state index is 13.1. The molecule has 0 heterocycles. The minimum absolute atomic E-state index is 0.0492. The van der Waals surface area contributed by atoms with Gasteiger partial charge in [0.1, 0.15) is 0 Å². The lowest BCUT2D eigenvalue weighted by Gasteiger charge is -2.59. The van der Waals surface area contributed by atoms with Gasteiger partial charge in [-0.1, -0.05) is 18.2 Å². The van der Waals surface area contributed by atoms with Crippen LogP contribution in [0.4, 0.5) is 10.5 Å². The summed E-state index contributed by atoms with van der Waals surface area (Å²) < 4.78 is 0. The van der Waals surface area contributed by atoms with E-state index < -0.39 is 5.41 Å². The third-order valence-electron chi connectivity index (χ3n) is 8.05. The minimum Gasteiger partial charge on any atom is -0.369 e. The molecule has 4 amide bonds. The first kappa shape index (κ1) is 19.4. The van der Waals surface area contributed by atoms with Gasteiger partial charge in [0, 0.05) is 23.7 Å². The molecule has 2 unspecified atom stereocenters. The molecule has 160 valence electrons. The fourth-order valence-electron chi connectivity index (χ4n) is 6.45. The van der Waals surface area contributed by atoms with Crippen LogP contribution >= 0.6 is 0 Å². The van der Waals surface area contributed by atoms with E-state index in [1.807, 2.05) is 30.3 Å². The number of nitrogens with one attached hydrogen (secondary N) is 3. The molecule has 2 atom stereocenters. The third-order valence-corrected chi connectivity index (χ3v) is 8.05. The monoisotopic (exact) mass is 410 g/mol. The number of benzene rings is 1. The van der Waals surface area contributed by atoms with Crippen LogP contribution in [-0.2, 0) is 9.59 Å². The highest BCUT2D eigenvalue weighted by Gasteiger charge is 2.59. The Kier molecular flexibility index (Phi) is 4.52. The normalized spacial score (nSPS) is 34.8. The third kappa shape index (κ3) is 3.34. The molecular weight excluding hydrogens is 380 g/mol. The van der Waals surface area contributed by atoms with Crippen molar-refractivity contribution >= 4 is 23.5 Å². The zero-order chi connectivity index (χ0) is 20.9. The van der Waals surface area contributed by atoms with E-state index in [1.165, 1.54) is 0 Å². The SMILES string of the molecule is NC(=O)C12CC3CC(C1)C(NC(=O)C1(CNC(=O)Nc4ccccc4)CC1)C(C3)C2. The predicted molar refractivity (Wildman–Crippen MR) is 112 cm³/mol. The van der Waals surface area contributed by atoms with E-state index >= 15 is 0 Å². The van der Waals surface area contributed by atoms with Crippen molar-refractivity contribution in [3.63, 3.8) is 0 Å². The Bertz CT molecular complexity index is 850. The molecular formula is C23H30N4O3. The number of para-hydroxylation sites is 1. The Morgan fingerprint density at radius 1 is 1.00 bits per heavy atom. The Morgan fingerprint density at radius 2 is 1.67 bits per heavy atom. The Hall–Kier alpha value is -2.57. The second kappa shape index (κ2) is 7.00. The Morgan fingerprint density at radius 3 is 2.27 bits per heavy atom. The summed E-state index contributed by atoms with van der Waals surface area (Å²) in [5.74, 6) is 1.16. The largest absolute Gasteiger partial charge is 0.369 e. The van der Waals surface area contributed by atoms with Crippen molar-refractivity contribution in [2.75, 3.05) is 11.9 Å². The molecule has 5 aliphatic carbocycles. The van der Waals surface area contributed by atoms with E-state index in [9.17, 15) is 14.4 Å². The Labute approximate surface area is 176 Å². The molecule has 6 rings (SSSR count). The van der Waals surface area contributed by atoms with Gasteiger partial charge in [-0.05, 0) is 74.8 Å². The second-order valence-electron chi connectivity index (χ2n) is 10.1. The smallest absolute Gasteiger partial charge is 0.319 e. The summed E-state index contributed by atoms with van der Waals surface area (Å²) in [4.78, 5) is 37.5. The molecule has 7 heteroatoms. The van der Waals surface area contributed by atoms with E-state index in [0.717, 1.165) is 50.6 Å². The summed E-state index contributed by atoms with van der Waals surface area (Å²) in [6.45, 7) is 0.341. The molecule has 1 aromatic carbocycles. The highest BCUT2D eigenvalue weighted by molar-refractivity contribution is 5.91. The molecule has 5 saturated carbocycles. The molecule has 7 nitrogen and oxygen atoms in total. The van der Waals surface area contributed by atoms with Crippen LogP contribution in [0.3, 0.4) is 0 Å². The number of carbonyl (C=O) groups is 3. The highest BCUT2D eigenvalue weighted by Crippen LogP contribution is 2.60. The van der Waals surface area contributed by atoms with Gasteiger partial charge in [-0.25, -0.2) is 4.79 Å². The van der Waals surface area contributed by atoms with Crippen molar-refractivity contribution in [1.29, 1.82) is 0 Å². The van der Waals surface area contributed by atoms with Crippen LogP contribution in [-0.4, -0.2) is 30.4 Å². The van der Waals surface area contributed by atoms with Crippen molar-refractivity contribution in [3.05, 3.63) is 30.3 Å². The van der Waals surface area contributed by atoms with Crippen molar-refractivity contribution in [2.45, 2.75) is 51.0 Å². The molecule has 0 aliphatic heterocycles. The first-order valence-electron chi connectivity index (χ1n) is 11.1. The number of urea groups is 1. The van der Waals surface area contributed by atoms with E-state index in [4.69, 9.17) is 5.73 Å². The van der Waals surface area contributed by atoms with Crippen LogP contribution in [0.25, 0.3) is 0 Å². The maximum atomic E-state index is 13.1. The molecule has 5 aliphatic rings. The Balaban J connectivity index is 1.18. The zero-order valence-electron chi connectivity index (χ0n) is 17.2. The number of carbonyl (C=O) groups excluding carboxylic acids is 3. The maximum Gasteiger partial charge on any atom is 0.319 e. The van der Waals surface area contributed by atoms with Crippen LogP contribution in [0.15, 0.2) is 30.3 Å². The topological polar surface area (TPSA) is 113 Å². The lowest BCUT2D eigenvalue weighted by Crippen LogP contribution is -2.62. The molecule has 0 radical (unpaired) electrons. The van der Waals surface area contributed by atoms with Crippen LogP contribution in [0.5, 0.6) is 0 Å². The van der Waals surface area contributed by atoms with E-state index in [0.29, 0.717) is 24.3 Å². The van der Waals surface area contributed by atoms with Gasteiger partial charge in [-0.3, -0.25) is 9.59 Å². The summed E-state index contributed by atoms with van der Waals surface area (Å²) in [5, 5.41) is 8.99. The molecule has 5 fully saturated rings. The zero-order valence-corrected chi connectivity index (χ0v) is 17.2.